The first-order chi connectivity index (χ1) is 10.3. The summed E-state index contributed by atoms with van der Waals surface area (Å²) in [6.07, 6.45) is 1.77. The SMILES string of the molecule is COc1ccc(Oc2ncc(CN)c3ccccc23)cc1. The zero-order valence-corrected chi connectivity index (χ0v) is 11.7. The minimum absolute atomic E-state index is 0.455. The number of benzene rings is 2. The predicted molar refractivity (Wildman–Crippen MR) is 82.7 cm³/mol. The lowest BCUT2D eigenvalue weighted by molar-refractivity contribution is 0.412. The first-order valence-electron chi connectivity index (χ1n) is 6.70. The molecule has 2 N–H and O–H groups in total. The molecular weight excluding hydrogens is 264 g/mol. The van der Waals surface area contributed by atoms with Crippen molar-refractivity contribution in [2.45, 2.75) is 6.54 Å². The molecule has 0 aliphatic heterocycles. The van der Waals surface area contributed by atoms with Crippen LogP contribution in [0.3, 0.4) is 0 Å². The molecule has 0 saturated heterocycles. The first kappa shape index (κ1) is 13.4. The Morgan fingerprint density at radius 3 is 2.29 bits per heavy atom. The normalized spacial score (nSPS) is 10.6. The van der Waals surface area contributed by atoms with Gasteiger partial charge in [-0.3, -0.25) is 0 Å². The molecule has 3 rings (SSSR count). The van der Waals surface area contributed by atoms with Gasteiger partial charge in [-0.2, -0.15) is 0 Å². The van der Waals surface area contributed by atoms with Crippen LogP contribution in [0.2, 0.25) is 0 Å². The molecule has 0 amide bonds. The first-order valence-corrected chi connectivity index (χ1v) is 6.70. The quantitative estimate of drug-likeness (QED) is 0.794. The highest BCUT2D eigenvalue weighted by Gasteiger charge is 2.08. The van der Waals surface area contributed by atoms with E-state index in [1.165, 1.54) is 0 Å². The number of methoxy groups -OCH3 is 1. The predicted octanol–water partition coefficient (Wildman–Crippen LogP) is 3.49. The molecule has 21 heavy (non-hydrogen) atoms. The van der Waals surface area contributed by atoms with Crippen molar-refractivity contribution in [1.82, 2.24) is 4.98 Å². The molecule has 0 fully saturated rings. The summed E-state index contributed by atoms with van der Waals surface area (Å²) in [7, 11) is 1.64. The molecule has 2 aromatic carbocycles. The number of fused-ring (bicyclic) bond motifs is 1. The minimum Gasteiger partial charge on any atom is -0.497 e. The zero-order valence-electron chi connectivity index (χ0n) is 11.7. The maximum atomic E-state index is 5.88. The van der Waals surface area contributed by atoms with Crippen molar-refractivity contribution in [2.24, 2.45) is 5.73 Å². The molecule has 1 heterocycles. The smallest absolute Gasteiger partial charge is 0.227 e. The molecule has 0 unspecified atom stereocenters. The summed E-state index contributed by atoms with van der Waals surface area (Å²) in [5.41, 5.74) is 6.76. The van der Waals surface area contributed by atoms with Gasteiger partial charge in [0.2, 0.25) is 5.88 Å². The fourth-order valence-electron chi connectivity index (χ4n) is 2.22. The number of aromatic nitrogens is 1. The molecule has 4 nitrogen and oxygen atoms in total. The number of nitrogens with two attached hydrogens (primary N) is 1. The van der Waals surface area contributed by atoms with Crippen molar-refractivity contribution in [2.75, 3.05) is 7.11 Å². The molecule has 0 bridgehead atoms. The van der Waals surface area contributed by atoms with Crippen LogP contribution in [0.1, 0.15) is 5.56 Å². The third-order valence-electron chi connectivity index (χ3n) is 3.33. The van der Waals surface area contributed by atoms with Crippen LogP contribution in [0.4, 0.5) is 0 Å². The summed E-state index contributed by atoms with van der Waals surface area (Å²) < 4.78 is 11.0. The molecule has 0 aliphatic carbocycles. The average molecular weight is 280 g/mol. The number of hydrogen-bond acceptors (Lipinski definition) is 4. The maximum absolute atomic E-state index is 5.88. The number of hydrogen-bond donors (Lipinski definition) is 1. The van der Waals surface area contributed by atoms with Gasteiger partial charge >= 0.3 is 0 Å². The lowest BCUT2D eigenvalue weighted by Gasteiger charge is -2.10. The fourth-order valence-corrected chi connectivity index (χ4v) is 2.22. The Labute approximate surface area is 123 Å². The van der Waals surface area contributed by atoms with Crippen molar-refractivity contribution in [3.8, 4) is 17.4 Å². The second-order valence-electron chi connectivity index (χ2n) is 4.62. The van der Waals surface area contributed by atoms with E-state index in [1.54, 1.807) is 13.3 Å². The van der Waals surface area contributed by atoms with Gasteiger partial charge < -0.3 is 15.2 Å². The molecule has 0 spiro atoms. The van der Waals surface area contributed by atoms with Crippen LogP contribution >= 0.6 is 0 Å². The Balaban J connectivity index is 2.00. The topological polar surface area (TPSA) is 57.4 Å². The Morgan fingerprint density at radius 2 is 1.62 bits per heavy atom. The highest BCUT2D eigenvalue weighted by Crippen LogP contribution is 2.30. The molecule has 0 saturated carbocycles. The molecule has 1 aromatic heterocycles. The third kappa shape index (κ3) is 2.66. The number of pyridine rings is 1. The monoisotopic (exact) mass is 280 g/mol. The number of nitrogens with zero attached hydrogens (tertiary/aromatic N) is 1. The molecule has 0 radical (unpaired) electrons. The highest BCUT2D eigenvalue weighted by molar-refractivity contribution is 5.89. The Kier molecular flexibility index (Phi) is 3.71. The van der Waals surface area contributed by atoms with Gasteiger partial charge in [0.1, 0.15) is 11.5 Å². The van der Waals surface area contributed by atoms with Crippen molar-refractivity contribution < 1.29 is 9.47 Å². The van der Waals surface area contributed by atoms with Gasteiger partial charge in [0, 0.05) is 18.1 Å². The van der Waals surface area contributed by atoms with Crippen molar-refractivity contribution in [3.05, 3.63) is 60.3 Å². The largest absolute Gasteiger partial charge is 0.497 e. The van der Waals surface area contributed by atoms with Crippen molar-refractivity contribution >= 4 is 10.8 Å². The van der Waals surface area contributed by atoms with Gasteiger partial charge in [-0.15, -0.1) is 0 Å². The summed E-state index contributed by atoms with van der Waals surface area (Å²) in [4.78, 5) is 4.38. The van der Waals surface area contributed by atoms with E-state index < -0.39 is 0 Å². The van der Waals surface area contributed by atoms with E-state index in [2.05, 4.69) is 4.98 Å². The molecule has 3 aromatic rings. The maximum Gasteiger partial charge on any atom is 0.227 e. The summed E-state index contributed by atoms with van der Waals surface area (Å²) in [6, 6.07) is 15.4. The molecular formula is C17H16N2O2. The number of rotatable bonds is 4. The Morgan fingerprint density at radius 1 is 0.952 bits per heavy atom. The highest BCUT2D eigenvalue weighted by atomic mass is 16.5. The Bertz CT molecular complexity index is 754. The standard InChI is InChI=1S/C17H16N2O2/c1-20-13-6-8-14(9-7-13)21-17-16-5-3-2-4-15(16)12(10-18)11-19-17/h2-9,11H,10,18H2,1H3. The van der Waals surface area contributed by atoms with Crippen LogP contribution in [0.5, 0.6) is 17.4 Å². The van der Waals surface area contributed by atoms with E-state index in [-0.39, 0.29) is 0 Å². The van der Waals surface area contributed by atoms with Crippen LogP contribution in [0.25, 0.3) is 10.8 Å². The van der Waals surface area contributed by atoms with E-state index >= 15 is 0 Å². The number of ether oxygens (including phenoxy) is 2. The van der Waals surface area contributed by atoms with Gasteiger partial charge in [-0.25, -0.2) is 4.98 Å². The van der Waals surface area contributed by atoms with Gasteiger partial charge in [0.05, 0.1) is 7.11 Å². The van der Waals surface area contributed by atoms with Crippen molar-refractivity contribution in [1.29, 1.82) is 0 Å². The second-order valence-corrected chi connectivity index (χ2v) is 4.62. The molecule has 4 heteroatoms. The van der Waals surface area contributed by atoms with Crippen LogP contribution in [0, 0.1) is 0 Å². The van der Waals surface area contributed by atoms with E-state index in [0.29, 0.717) is 18.2 Å². The Hall–Kier alpha value is -2.59. The summed E-state index contributed by atoms with van der Waals surface area (Å²) in [5.74, 6) is 2.08. The van der Waals surface area contributed by atoms with Gasteiger partial charge in [0.25, 0.3) is 0 Å². The van der Waals surface area contributed by atoms with Crippen LogP contribution in [-0.2, 0) is 6.54 Å². The summed E-state index contributed by atoms with van der Waals surface area (Å²) in [6.45, 7) is 0.455. The average Bonchev–Trinajstić information content (AvgIpc) is 2.56. The van der Waals surface area contributed by atoms with Crippen molar-refractivity contribution in [3.63, 3.8) is 0 Å². The van der Waals surface area contributed by atoms with Crippen LogP contribution in [0.15, 0.2) is 54.7 Å². The van der Waals surface area contributed by atoms with Gasteiger partial charge in [-0.1, -0.05) is 18.2 Å². The fraction of sp³-hybridized carbons (Fsp3) is 0.118. The minimum atomic E-state index is 0.455. The van der Waals surface area contributed by atoms with E-state index in [1.807, 2.05) is 48.5 Å². The van der Waals surface area contributed by atoms with Gasteiger partial charge in [-0.05, 0) is 41.3 Å². The molecule has 106 valence electrons. The molecule has 0 aliphatic rings. The van der Waals surface area contributed by atoms with E-state index in [0.717, 1.165) is 22.1 Å². The zero-order chi connectivity index (χ0) is 14.7. The summed E-state index contributed by atoms with van der Waals surface area (Å²) >= 11 is 0. The van der Waals surface area contributed by atoms with Crippen LogP contribution < -0.4 is 15.2 Å². The molecule has 0 atom stereocenters. The lowest BCUT2D eigenvalue weighted by atomic mass is 10.1. The second kappa shape index (κ2) is 5.81. The lowest BCUT2D eigenvalue weighted by Crippen LogP contribution is -1.99. The van der Waals surface area contributed by atoms with E-state index in [9.17, 15) is 0 Å². The van der Waals surface area contributed by atoms with Crippen LogP contribution in [-0.4, -0.2) is 12.1 Å². The third-order valence-corrected chi connectivity index (χ3v) is 3.33. The van der Waals surface area contributed by atoms with Gasteiger partial charge in [0.15, 0.2) is 0 Å². The summed E-state index contributed by atoms with van der Waals surface area (Å²) in [5, 5.41) is 2.02. The van der Waals surface area contributed by atoms with E-state index in [4.69, 9.17) is 15.2 Å².